The van der Waals surface area contributed by atoms with Gasteiger partial charge in [0.2, 0.25) is 5.91 Å². The summed E-state index contributed by atoms with van der Waals surface area (Å²) in [5.74, 6) is 0.666. The van der Waals surface area contributed by atoms with E-state index in [1.54, 1.807) is 11.3 Å². The summed E-state index contributed by atoms with van der Waals surface area (Å²) in [5.41, 5.74) is 3.12. The van der Waals surface area contributed by atoms with Gasteiger partial charge >= 0.3 is 0 Å². The van der Waals surface area contributed by atoms with Gasteiger partial charge in [-0.3, -0.25) is 9.89 Å². The average Bonchev–Trinajstić information content (AvgIpc) is 3.16. The minimum atomic E-state index is -0.0590. The summed E-state index contributed by atoms with van der Waals surface area (Å²) in [4.78, 5) is 18.1. The lowest BCUT2D eigenvalue weighted by Gasteiger charge is -2.11. The van der Waals surface area contributed by atoms with E-state index in [0.717, 1.165) is 27.0 Å². The SMILES string of the molecule is Cc1ccc(-c2nc(C)sc2CC(=O)NCc2n[nH]c(=S)n2C(C)C)cc1. The monoisotopic (exact) mass is 401 g/mol. The quantitative estimate of drug-likeness (QED) is 0.609. The van der Waals surface area contributed by atoms with Gasteiger partial charge in [-0.05, 0) is 39.9 Å². The molecule has 2 heterocycles. The van der Waals surface area contributed by atoms with Gasteiger partial charge in [-0.15, -0.1) is 11.3 Å². The van der Waals surface area contributed by atoms with Crippen molar-refractivity contribution in [3.63, 3.8) is 0 Å². The van der Waals surface area contributed by atoms with E-state index in [4.69, 9.17) is 12.2 Å². The lowest BCUT2D eigenvalue weighted by atomic mass is 10.1. The van der Waals surface area contributed by atoms with Crippen molar-refractivity contribution >= 4 is 29.5 Å². The number of benzene rings is 1. The predicted octanol–water partition coefficient (Wildman–Crippen LogP) is 4.12. The van der Waals surface area contributed by atoms with Crippen molar-refractivity contribution in [3.8, 4) is 11.3 Å². The van der Waals surface area contributed by atoms with E-state index in [-0.39, 0.29) is 11.9 Å². The van der Waals surface area contributed by atoms with Gasteiger partial charge in [-0.1, -0.05) is 29.8 Å². The first kappa shape index (κ1) is 19.4. The Morgan fingerprint density at radius 2 is 2.00 bits per heavy atom. The van der Waals surface area contributed by atoms with Crippen LogP contribution in [0.4, 0.5) is 0 Å². The Morgan fingerprint density at radius 1 is 1.30 bits per heavy atom. The van der Waals surface area contributed by atoms with Crippen molar-refractivity contribution < 1.29 is 4.79 Å². The summed E-state index contributed by atoms with van der Waals surface area (Å²) in [6, 6.07) is 8.39. The smallest absolute Gasteiger partial charge is 0.225 e. The molecule has 0 fully saturated rings. The fraction of sp³-hybridized carbons (Fsp3) is 0.368. The standard InChI is InChI=1S/C19H23N5OS2/c1-11(2)24-16(22-23-19(24)26)10-20-17(25)9-15-18(21-13(4)27-15)14-7-5-12(3)6-8-14/h5-8,11H,9-10H2,1-4H3,(H,20,25)(H,23,26). The molecule has 0 saturated carbocycles. The highest BCUT2D eigenvalue weighted by Gasteiger charge is 2.16. The predicted molar refractivity (Wildman–Crippen MR) is 110 cm³/mol. The molecule has 27 heavy (non-hydrogen) atoms. The van der Waals surface area contributed by atoms with Crippen molar-refractivity contribution in [3.05, 3.63) is 50.3 Å². The third-order valence-corrected chi connectivity index (χ3v) is 5.45. The number of hydrogen-bond acceptors (Lipinski definition) is 5. The number of carbonyl (C=O) groups excluding carboxylic acids is 1. The fourth-order valence-electron chi connectivity index (χ4n) is 2.91. The Morgan fingerprint density at radius 3 is 2.67 bits per heavy atom. The Kier molecular flexibility index (Phi) is 5.86. The fourth-order valence-corrected chi connectivity index (χ4v) is 4.23. The minimum Gasteiger partial charge on any atom is -0.348 e. The van der Waals surface area contributed by atoms with Crippen molar-refractivity contribution in [2.24, 2.45) is 0 Å². The molecule has 8 heteroatoms. The average molecular weight is 402 g/mol. The molecule has 6 nitrogen and oxygen atoms in total. The number of nitrogens with zero attached hydrogens (tertiary/aromatic N) is 3. The van der Waals surface area contributed by atoms with Crippen LogP contribution in [-0.4, -0.2) is 25.7 Å². The van der Waals surface area contributed by atoms with E-state index < -0.39 is 0 Å². The van der Waals surface area contributed by atoms with Crippen LogP contribution < -0.4 is 5.32 Å². The lowest BCUT2D eigenvalue weighted by molar-refractivity contribution is -0.120. The van der Waals surface area contributed by atoms with Crippen LogP contribution in [0.5, 0.6) is 0 Å². The number of amides is 1. The number of thiazole rings is 1. The first-order valence-electron chi connectivity index (χ1n) is 8.81. The first-order valence-corrected chi connectivity index (χ1v) is 10.0. The van der Waals surface area contributed by atoms with Gasteiger partial charge in [0.15, 0.2) is 10.6 Å². The molecule has 3 aromatic rings. The Hall–Kier alpha value is -2.32. The molecular weight excluding hydrogens is 378 g/mol. The molecule has 0 bridgehead atoms. The molecule has 0 saturated heterocycles. The van der Waals surface area contributed by atoms with E-state index in [2.05, 4.69) is 39.6 Å². The molecule has 0 unspecified atom stereocenters. The second-order valence-electron chi connectivity index (χ2n) is 6.73. The van der Waals surface area contributed by atoms with E-state index in [1.807, 2.05) is 37.5 Å². The molecule has 0 spiro atoms. The van der Waals surface area contributed by atoms with Crippen molar-refractivity contribution in [1.82, 2.24) is 25.1 Å². The highest BCUT2D eigenvalue weighted by molar-refractivity contribution is 7.71. The van der Waals surface area contributed by atoms with Gasteiger partial charge in [0.1, 0.15) is 0 Å². The van der Waals surface area contributed by atoms with Gasteiger partial charge in [0.05, 0.1) is 23.7 Å². The molecule has 0 aliphatic heterocycles. The van der Waals surface area contributed by atoms with Gasteiger partial charge in [0, 0.05) is 16.5 Å². The number of nitrogens with one attached hydrogen (secondary N) is 2. The Labute approximate surface area is 167 Å². The van der Waals surface area contributed by atoms with Crippen LogP contribution in [0, 0.1) is 18.6 Å². The maximum absolute atomic E-state index is 12.5. The molecule has 1 amide bonds. The van der Waals surface area contributed by atoms with Crippen LogP contribution in [0.15, 0.2) is 24.3 Å². The van der Waals surface area contributed by atoms with Crippen LogP contribution in [-0.2, 0) is 17.8 Å². The third kappa shape index (κ3) is 4.51. The summed E-state index contributed by atoms with van der Waals surface area (Å²) >= 11 is 6.80. The van der Waals surface area contributed by atoms with Crippen LogP contribution in [0.2, 0.25) is 0 Å². The number of H-pyrrole nitrogens is 1. The van der Waals surface area contributed by atoms with Crippen molar-refractivity contribution in [1.29, 1.82) is 0 Å². The number of aromatic nitrogens is 4. The summed E-state index contributed by atoms with van der Waals surface area (Å²) in [5, 5.41) is 10.9. The van der Waals surface area contributed by atoms with Crippen LogP contribution >= 0.6 is 23.6 Å². The minimum absolute atomic E-state index is 0.0590. The van der Waals surface area contributed by atoms with Crippen LogP contribution in [0.25, 0.3) is 11.3 Å². The number of carbonyl (C=O) groups is 1. The molecule has 1 aromatic carbocycles. The number of aryl methyl sites for hydroxylation is 2. The maximum atomic E-state index is 12.5. The number of rotatable bonds is 6. The van der Waals surface area contributed by atoms with Crippen LogP contribution in [0.3, 0.4) is 0 Å². The van der Waals surface area contributed by atoms with Gasteiger partial charge in [0.25, 0.3) is 0 Å². The molecule has 142 valence electrons. The van der Waals surface area contributed by atoms with Crippen molar-refractivity contribution in [2.45, 2.75) is 46.7 Å². The molecule has 0 atom stereocenters. The highest BCUT2D eigenvalue weighted by Crippen LogP contribution is 2.28. The summed E-state index contributed by atoms with van der Waals surface area (Å²) in [6.07, 6.45) is 0.293. The van der Waals surface area contributed by atoms with Gasteiger partial charge < -0.3 is 9.88 Å². The van der Waals surface area contributed by atoms with E-state index >= 15 is 0 Å². The topological polar surface area (TPSA) is 75.6 Å². The first-order chi connectivity index (χ1) is 12.8. The summed E-state index contributed by atoms with van der Waals surface area (Å²) < 4.78 is 2.47. The molecule has 0 radical (unpaired) electrons. The zero-order valence-electron chi connectivity index (χ0n) is 15.9. The number of aromatic amines is 1. The second-order valence-corrected chi connectivity index (χ2v) is 8.41. The normalized spacial score (nSPS) is 11.1. The van der Waals surface area contributed by atoms with E-state index in [0.29, 0.717) is 17.7 Å². The second kappa shape index (κ2) is 8.14. The molecular formula is C19H23N5OS2. The Bertz CT molecular complexity index is 998. The van der Waals surface area contributed by atoms with Gasteiger partial charge in [-0.25, -0.2) is 4.98 Å². The number of hydrogen-bond donors (Lipinski definition) is 2. The van der Waals surface area contributed by atoms with E-state index in [9.17, 15) is 4.79 Å². The zero-order valence-corrected chi connectivity index (χ0v) is 17.5. The molecule has 0 aliphatic rings. The molecule has 3 rings (SSSR count). The molecule has 2 N–H and O–H groups in total. The molecule has 2 aromatic heterocycles. The van der Waals surface area contributed by atoms with Crippen LogP contribution in [0.1, 0.15) is 41.2 Å². The van der Waals surface area contributed by atoms with Crippen molar-refractivity contribution in [2.75, 3.05) is 0 Å². The lowest BCUT2D eigenvalue weighted by Crippen LogP contribution is -2.26. The summed E-state index contributed by atoms with van der Waals surface area (Å²) in [6.45, 7) is 8.41. The third-order valence-electron chi connectivity index (χ3n) is 4.19. The zero-order chi connectivity index (χ0) is 19.6. The van der Waals surface area contributed by atoms with E-state index in [1.165, 1.54) is 5.56 Å². The highest BCUT2D eigenvalue weighted by atomic mass is 32.1. The van der Waals surface area contributed by atoms with Gasteiger partial charge in [-0.2, -0.15) is 5.10 Å². The molecule has 0 aliphatic carbocycles. The summed E-state index contributed by atoms with van der Waals surface area (Å²) in [7, 11) is 0. The maximum Gasteiger partial charge on any atom is 0.225 e. The largest absolute Gasteiger partial charge is 0.348 e. The Balaban J connectivity index is 1.72.